The Morgan fingerprint density at radius 3 is 2.69 bits per heavy atom. The van der Waals surface area contributed by atoms with Crippen LogP contribution in [0.5, 0.6) is 0 Å². The molecule has 9 nitrogen and oxygen atoms in total. The van der Waals surface area contributed by atoms with Gasteiger partial charge in [-0.05, 0) is 37.3 Å². The van der Waals surface area contributed by atoms with Gasteiger partial charge in [0.1, 0.15) is 17.6 Å². The lowest BCUT2D eigenvalue weighted by Crippen LogP contribution is -2.37. The summed E-state index contributed by atoms with van der Waals surface area (Å²) in [5.41, 5.74) is 1.03. The number of nitrogens with one attached hydrogen (secondary N) is 1. The molecule has 3 amide bonds. The Labute approximate surface area is 168 Å². The maximum atomic E-state index is 12.5. The van der Waals surface area contributed by atoms with Gasteiger partial charge in [0, 0.05) is 17.0 Å². The van der Waals surface area contributed by atoms with Crippen LogP contribution in [0.1, 0.15) is 49.6 Å². The van der Waals surface area contributed by atoms with Gasteiger partial charge >= 0.3 is 0 Å². The summed E-state index contributed by atoms with van der Waals surface area (Å²) in [6.07, 6.45) is 3.68. The molecule has 146 valence electrons. The van der Waals surface area contributed by atoms with Gasteiger partial charge in [0.05, 0.1) is 21.6 Å². The SMILES string of the molecule is N#Cc1c(NC(=O)CN2C(=O)c3ccc([N+](=O)[O-])cc3C2=O)sc2c1CCCC2. The first-order valence-electron chi connectivity index (χ1n) is 8.90. The van der Waals surface area contributed by atoms with Gasteiger partial charge < -0.3 is 5.32 Å². The van der Waals surface area contributed by atoms with Crippen molar-refractivity contribution in [2.45, 2.75) is 25.7 Å². The molecule has 0 spiro atoms. The van der Waals surface area contributed by atoms with E-state index in [1.54, 1.807) is 0 Å². The molecule has 0 bridgehead atoms. The molecular weight excluding hydrogens is 396 g/mol. The molecule has 2 heterocycles. The number of amides is 3. The number of benzene rings is 1. The van der Waals surface area contributed by atoms with Crippen LogP contribution in [0.25, 0.3) is 0 Å². The summed E-state index contributed by atoms with van der Waals surface area (Å²) >= 11 is 1.35. The van der Waals surface area contributed by atoms with Gasteiger partial charge in [-0.1, -0.05) is 0 Å². The Hall–Kier alpha value is -3.58. The highest BCUT2D eigenvalue weighted by atomic mass is 32.1. The van der Waals surface area contributed by atoms with E-state index in [0.717, 1.165) is 53.2 Å². The van der Waals surface area contributed by atoms with Crippen molar-refractivity contribution in [2.24, 2.45) is 0 Å². The summed E-state index contributed by atoms with van der Waals surface area (Å²) < 4.78 is 0. The lowest BCUT2D eigenvalue weighted by Gasteiger charge is -2.13. The average Bonchev–Trinajstić information content (AvgIpc) is 3.17. The third kappa shape index (κ3) is 3.15. The first-order valence-corrected chi connectivity index (χ1v) is 9.71. The highest BCUT2D eigenvalue weighted by molar-refractivity contribution is 7.16. The number of carbonyl (C=O) groups excluding carboxylic acids is 3. The van der Waals surface area contributed by atoms with Crippen LogP contribution in [-0.2, 0) is 17.6 Å². The van der Waals surface area contributed by atoms with Crippen LogP contribution in [0.4, 0.5) is 10.7 Å². The molecule has 1 aromatic heterocycles. The minimum Gasteiger partial charge on any atom is -0.315 e. The first kappa shape index (κ1) is 18.8. The van der Waals surface area contributed by atoms with Crippen LogP contribution in [0, 0.1) is 21.4 Å². The second-order valence-electron chi connectivity index (χ2n) is 6.76. The number of hydrogen-bond acceptors (Lipinski definition) is 7. The number of carbonyl (C=O) groups is 3. The molecule has 0 fully saturated rings. The molecule has 0 atom stereocenters. The molecular formula is C19H14N4O5S. The number of nitriles is 1. The summed E-state index contributed by atoms with van der Waals surface area (Å²) in [5.74, 6) is -2.04. The summed E-state index contributed by atoms with van der Waals surface area (Å²) in [6.45, 7) is -0.534. The summed E-state index contributed by atoms with van der Waals surface area (Å²) in [4.78, 5) is 49.5. The monoisotopic (exact) mass is 410 g/mol. The van der Waals surface area contributed by atoms with Crippen LogP contribution in [0.3, 0.4) is 0 Å². The molecule has 0 saturated carbocycles. The summed E-state index contributed by atoms with van der Waals surface area (Å²) in [5, 5.41) is 23.4. The van der Waals surface area contributed by atoms with Gasteiger partial charge in [0.25, 0.3) is 17.5 Å². The van der Waals surface area contributed by atoms with E-state index in [1.165, 1.54) is 17.4 Å². The highest BCUT2D eigenvalue weighted by Gasteiger charge is 2.38. The number of hydrogen-bond donors (Lipinski definition) is 1. The van der Waals surface area contributed by atoms with Gasteiger partial charge in [-0.15, -0.1) is 11.3 Å². The lowest BCUT2D eigenvalue weighted by atomic mass is 9.96. The molecule has 2 aromatic rings. The van der Waals surface area contributed by atoms with Crippen LogP contribution < -0.4 is 5.32 Å². The smallest absolute Gasteiger partial charge is 0.270 e. The maximum Gasteiger partial charge on any atom is 0.270 e. The van der Waals surface area contributed by atoms with E-state index in [-0.39, 0.29) is 16.8 Å². The van der Waals surface area contributed by atoms with E-state index < -0.39 is 29.2 Å². The summed E-state index contributed by atoms with van der Waals surface area (Å²) in [6, 6.07) is 5.53. The molecule has 0 saturated heterocycles. The van der Waals surface area contributed by atoms with Crippen molar-refractivity contribution in [1.82, 2.24) is 4.90 Å². The van der Waals surface area contributed by atoms with Crippen LogP contribution in [0.2, 0.25) is 0 Å². The van der Waals surface area contributed by atoms with Crippen molar-refractivity contribution < 1.29 is 19.3 Å². The van der Waals surface area contributed by atoms with Crippen molar-refractivity contribution in [3.63, 3.8) is 0 Å². The van der Waals surface area contributed by atoms with Gasteiger partial charge in [0.2, 0.25) is 5.91 Å². The third-order valence-electron chi connectivity index (χ3n) is 5.00. The third-order valence-corrected chi connectivity index (χ3v) is 6.21. The largest absolute Gasteiger partial charge is 0.315 e. The topological polar surface area (TPSA) is 133 Å². The summed E-state index contributed by atoms with van der Waals surface area (Å²) in [7, 11) is 0. The molecule has 1 N–H and O–H groups in total. The number of aryl methyl sites for hydroxylation is 1. The predicted molar refractivity (Wildman–Crippen MR) is 103 cm³/mol. The molecule has 1 aromatic carbocycles. The van der Waals surface area contributed by atoms with Gasteiger partial charge in [-0.2, -0.15) is 5.26 Å². The van der Waals surface area contributed by atoms with Crippen LogP contribution in [-0.4, -0.2) is 34.1 Å². The van der Waals surface area contributed by atoms with Crippen molar-refractivity contribution in [3.8, 4) is 6.07 Å². The number of nitro groups is 1. The van der Waals surface area contributed by atoms with Crippen molar-refractivity contribution in [1.29, 1.82) is 5.26 Å². The fourth-order valence-electron chi connectivity index (χ4n) is 3.62. The Bertz CT molecular complexity index is 1130. The number of thiophene rings is 1. The number of rotatable bonds is 4. The predicted octanol–water partition coefficient (Wildman–Crippen LogP) is 2.64. The molecule has 2 aliphatic rings. The minimum atomic E-state index is -0.755. The number of anilines is 1. The zero-order chi connectivity index (χ0) is 20.7. The second kappa shape index (κ2) is 7.10. The van der Waals surface area contributed by atoms with Crippen LogP contribution >= 0.6 is 11.3 Å². The minimum absolute atomic E-state index is 0.0256. The fourth-order valence-corrected chi connectivity index (χ4v) is 4.87. The lowest BCUT2D eigenvalue weighted by molar-refractivity contribution is -0.384. The number of imide groups is 1. The van der Waals surface area contributed by atoms with E-state index in [1.807, 2.05) is 0 Å². The Balaban J connectivity index is 1.53. The molecule has 10 heteroatoms. The maximum absolute atomic E-state index is 12.5. The van der Waals surface area contributed by atoms with Gasteiger partial charge in [-0.3, -0.25) is 29.4 Å². The average molecular weight is 410 g/mol. The zero-order valence-electron chi connectivity index (χ0n) is 15.1. The van der Waals surface area contributed by atoms with Gasteiger partial charge in [0.15, 0.2) is 0 Å². The van der Waals surface area contributed by atoms with Crippen molar-refractivity contribution in [3.05, 3.63) is 55.4 Å². The molecule has 29 heavy (non-hydrogen) atoms. The molecule has 0 radical (unpaired) electrons. The van der Waals surface area contributed by atoms with E-state index in [9.17, 15) is 29.8 Å². The van der Waals surface area contributed by atoms with E-state index in [0.29, 0.717) is 10.6 Å². The van der Waals surface area contributed by atoms with E-state index in [2.05, 4.69) is 11.4 Å². The quantitative estimate of drug-likeness (QED) is 0.468. The Morgan fingerprint density at radius 1 is 1.24 bits per heavy atom. The molecule has 4 rings (SSSR count). The molecule has 0 unspecified atom stereocenters. The highest BCUT2D eigenvalue weighted by Crippen LogP contribution is 2.37. The second-order valence-corrected chi connectivity index (χ2v) is 7.86. The molecule has 1 aliphatic heterocycles. The number of non-ortho nitro benzene ring substituents is 1. The number of nitrogens with zero attached hydrogens (tertiary/aromatic N) is 3. The Kier molecular flexibility index (Phi) is 4.60. The van der Waals surface area contributed by atoms with Crippen LogP contribution in [0.15, 0.2) is 18.2 Å². The van der Waals surface area contributed by atoms with Crippen molar-refractivity contribution >= 4 is 39.7 Å². The number of nitro benzene ring substituents is 1. The molecule has 1 aliphatic carbocycles. The Morgan fingerprint density at radius 2 is 1.97 bits per heavy atom. The van der Waals surface area contributed by atoms with E-state index >= 15 is 0 Å². The fraction of sp³-hybridized carbons (Fsp3) is 0.263. The normalized spacial score (nSPS) is 14.9. The van der Waals surface area contributed by atoms with Crippen molar-refractivity contribution in [2.75, 3.05) is 11.9 Å². The number of fused-ring (bicyclic) bond motifs is 2. The first-order chi connectivity index (χ1) is 13.9. The van der Waals surface area contributed by atoms with Gasteiger partial charge in [-0.25, -0.2) is 0 Å². The zero-order valence-corrected chi connectivity index (χ0v) is 15.9. The standard InChI is InChI=1S/C19H14N4O5S/c20-8-14-11-3-1-2-4-15(11)29-17(14)21-16(24)9-22-18(25)12-6-5-10(23(27)28)7-13(12)19(22)26/h5-7H,1-4,9H2,(H,21,24). The van der Waals surface area contributed by atoms with E-state index in [4.69, 9.17) is 0 Å².